The van der Waals surface area contributed by atoms with Gasteiger partial charge in [0.25, 0.3) is 5.56 Å². The smallest absolute Gasteiger partial charge is 0.321 e. The number of rotatable bonds is 2. The van der Waals surface area contributed by atoms with Gasteiger partial charge in [-0.15, -0.1) is 11.3 Å². The molecule has 2 heterocycles. The van der Waals surface area contributed by atoms with Crippen molar-refractivity contribution in [3.05, 3.63) is 27.1 Å². The number of aryl methyl sites for hydroxylation is 2. The Balaban J connectivity index is 2.17. The lowest BCUT2D eigenvalue weighted by Crippen LogP contribution is -2.49. The van der Waals surface area contributed by atoms with Crippen LogP contribution < -0.4 is 16.2 Å². The van der Waals surface area contributed by atoms with Crippen molar-refractivity contribution in [1.82, 2.24) is 20.2 Å². The van der Waals surface area contributed by atoms with E-state index in [1.807, 2.05) is 13.8 Å². The molecule has 0 aliphatic carbocycles. The Kier molecular flexibility index (Phi) is 4.56. The monoisotopic (exact) mass is 336 g/mol. The van der Waals surface area contributed by atoms with Gasteiger partial charge in [0.2, 0.25) is 5.91 Å². The third-order valence-electron chi connectivity index (χ3n) is 3.21. The Labute approximate surface area is 137 Å². The Morgan fingerprint density at radius 1 is 1.30 bits per heavy atom. The molecule has 0 fully saturated rings. The minimum Gasteiger partial charge on any atom is -0.333 e. The zero-order chi connectivity index (χ0) is 17.4. The van der Waals surface area contributed by atoms with E-state index in [0.717, 1.165) is 10.4 Å². The molecule has 0 saturated carbocycles. The molecule has 0 saturated heterocycles. The number of hydrogen-bond acceptors (Lipinski definition) is 5. The van der Waals surface area contributed by atoms with Gasteiger partial charge in [0.05, 0.1) is 11.7 Å². The number of nitrogens with zero attached hydrogens (tertiary/aromatic N) is 2. The van der Waals surface area contributed by atoms with E-state index in [2.05, 4.69) is 15.6 Å². The van der Waals surface area contributed by atoms with Crippen LogP contribution in [0.15, 0.2) is 11.1 Å². The van der Waals surface area contributed by atoms with Crippen LogP contribution in [0.1, 0.15) is 31.2 Å². The fourth-order valence-electron chi connectivity index (χ4n) is 2.08. The van der Waals surface area contributed by atoms with Gasteiger partial charge in [-0.3, -0.25) is 19.5 Å². The second-order valence-electron chi connectivity index (χ2n) is 6.39. The van der Waals surface area contributed by atoms with E-state index in [4.69, 9.17) is 0 Å². The van der Waals surface area contributed by atoms with Crippen LogP contribution in [0.25, 0.3) is 10.2 Å². The summed E-state index contributed by atoms with van der Waals surface area (Å²) < 4.78 is 1.21. The SMILES string of the molecule is Cc1sc2ncn(CC(=O)NC(=O)NC(C)(C)C)c(=O)c2c1C. The number of fused-ring (bicyclic) bond motifs is 1. The molecule has 23 heavy (non-hydrogen) atoms. The van der Waals surface area contributed by atoms with Gasteiger partial charge in [-0.25, -0.2) is 9.78 Å². The van der Waals surface area contributed by atoms with Crippen molar-refractivity contribution in [2.45, 2.75) is 46.7 Å². The van der Waals surface area contributed by atoms with Crippen LogP contribution in [0.2, 0.25) is 0 Å². The van der Waals surface area contributed by atoms with E-state index in [1.54, 1.807) is 20.8 Å². The molecule has 0 unspecified atom stereocenters. The van der Waals surface area contributed by atoms with Crippen LogP contribution >= 0.6 is 11.3 Å². The molecular weight excluding hydrogens is 316 g/mol. The van der Waals surface area contributed by atoms with Gasteiger partial charge in [0.1, 0.15) is 11.4 Å². The average molecular weight is 336 g/mol. The van der Waals surface area contributed by atoms with Gasteiger partial charge in [-0.1, -0.05) is 0 Å². The molecule has 8 heteroatoms. The van der Waals surface area contributed by atoms with E-state index < -0.39 is 17.5 Å². The van der Waals surface area contributed by atoms with Gasteiger partial charge in [0, 0.05) is 10.4 Å². The molecule has 0 bridgehead atoms. The molecule has 0 radical (unpaired) electrons. The summed E-state index contributed by atoms with van der Waals surface area (Å²) in [5, 5.41) is 5.36. The largest absolute Gasteiger partial charge is 0.333 e. The molecule has 124 valence electrons. The van der Waals surface area contributed by atoms with Crippen molar-refractivity contribution in [2.24, 2.45) is 0 Å². The fraction of sp³-hybridized carbons (Fsp3) is 0.467. The normalized spacial score (nSPS) is 11.5. The summed E-state index contributed by atoms with van der Waals surface area (Å²) in [6, 6.07) is -0.591. The number of carbonyl (C=O) groups excluding carboxylic acids is 2. The molecule has 2 N–H and O–H groups in total. The minimum absolute atomic E-state index is 0.256. The standard InChI is InChI=1S/C15H20N4O3S/c1-8-9(2)23-12-11(8)13(21)19(7-16-12)6-10(20)17-14(22)18-15(3,4)5/h7H,6H2,1-5H3,(H2,17,18,20,22). The van der Waals surface area contributed by atoms with Gasteiger partial charge < -0.3 is 5.32 Å². The van der Waals surface area contributed by atoms with Crippen LogP contribution in [-0.4, -0.2) is 27.0 Å². The van der Waals surface area contributed by atoms with E-state index in [0.29, 0.717) is 10.2 Å². The minimum atomic E-state index is -0.591. The molecule has 7 nitrogen and oxygen atoms in total. The maximum atomic E-state index is 12.5. The quantitative estimate of drug-likeness (QED) is 0.873. The Bertz CT molecular complexity index is 830. The number of carbonyl (C=O) groups is 2. The fourth-order valence-corrected chi connectivity index (χ4v) is 3.06. The highest BCUT2D eigenvalue weighted by molar-refractivity contribution is 7.18. The first-order valence-corrected chi connectivity index (χ1v) is 7.97. The molecule has 2 rings (SSSR count). The van der Waals surface area contributed by atoms with E-state index >= 15 is 0 Å². The van der Waals surface area contributed by atoms with Crippen molar-refractivity contribution >= 4 is 33.5 Å². The number of amides is 3. The third-order valence-corrected chi connectivity index (χ3v) is 4.33. The molecule has 0 aromatic carbocycles. The van der Waals surface area contributed by atoms with Crippen molar-refractivity contribution < 1.29 is 9.59 Å². The Morgan fingerprint density at radius 2 is 1.96 bits per heavy atom. The van der Waals surface area contributed by atoms with Gasteiger partial charge >= 0.3 is 6.03 Å². The first-order valence-electron chi connectivity index (χ1n) is 7.15. The van der Waals surface area contributed by atoms with Crippen LogP contribution in [0, 0.1) is 13.8 Å². The Hall–Kier alpha value is -2.22. The predicted molar refractivity (Wildman–Crippen MR) is 89.8 cm³/mol. The zero-order valence-electron chi connectivity index (χ0n) is 13.8. The zero-order valence-corrected chi connectivity index (χ0v) is 14.6. The number of hydrogen-bond donors (Lipinski definition) is 2. The number of thiophene rings is 1. The number of imide groups is 1. The first kappa shape index (κ1) is 17.1. The highest BCUT2D eigenvalue weighted by atomic mass is 32.1. The molecular formula is C15H20N4O3S. The highest BCUT2D eigenvalue weighted by Crippen LogP contribution is 2.25. The van der Waals surface area contributed by atoms with Crippen LogP contribution in [0.3, 0.4) is 0 Å². The molecule has 0 spiro atoms. The van der Waals surface area contributed by atoms with Crippen molar-refractivity contribution in [2.75, 3.05) is 0 Å². The molecule has 3 amide bonds. The second kappa shape index (κ2) is 6.11. The highest BCUT2D eigenvalue weighted by Gasteiger charge is 2.17. The van der Waals surface area contributed by atoms with E-state index in [1.165, 1.54) is 22.2 Å². The van der Waals surface area contributed by atoms with Crippen molar-refractivity contribution in [3.8, 4) is 0 Å². The van der Waals surface area contributed by atoms with Crippen LogP contribution in [-0.2, 0) is 11.3 Å². The van der Waals surface area contributed by atoms with Gasteiger partial charge in [-0.2, -0.15) is 0 Å². The summed E-state index contributed by atoms with van der Waals surface area (Å²) in [5.41, 5.74) is 0.151. The second-order valence-corrected chi connectivity index (χ2v) is 7.60. The van der Waals surface area contributed by atoms with Crippen LogP contribution in [0.5, 0.6) is 0 Å². The summed E-state index contributed by atoms with van der Waals surface area (Å²) in [6.45, 7) is 8.95. The lowest BCUT2D eigenvalue weighted by Gasteiger charge is -2.20. The molecule has 0 aliphatic rings. The lowest BCUT2D eigenvalue weighted by molar-refractivity contribution is -0.120. The molecule has 0 aliphatic heterocycles. The third kappa shape index (κ3) is 3.95. The summed E-state index contributed by atoms with van der Waals surface area (Å²) in [6.07, 6.45) is 1.33. The van der Waals surface area contributed by atoms with E-state index in [9.17, 15) is 14.4 Å². The lowest BCUT2D eigenvalue weighted by atomic mass is 10.1. The Morgan fingerprint density at radius 3 is 2.57 bits per heavy atom. The first-order chi connectivity index (χ1) is 10.6. The van der Waals surface area contributed by atoms with Gasteiger partial charge in [-0.05, 0) is 40.2 Å². The van der Waals surface area contributed by atoms with Crippen molar-refractivity contribution in [1.29, 1.82) is 0 Å². The van der Waals surface area contributed by atoms with Crippen LogP contribution in [0.4, 0.5) is 4.79 Å². The van der Waals surface area contributed by atoms with Crippen molar-refractivity contribution in [3.63, 3.8) is 0 Å². The summed E-state index contributed by atoms with van der Waals surface area (Å²) in [5.74, 6) is -0.570. The number of urea groups is 1. The van der Waals surface area contributed by atoms with E-state index in [-0.39, 0.29) is 12.1 Å². The number of aromatic nitrogens is 2. The number of nitrogens with one attached hydrogen (secondary N) is 2. The summed E-state index contributed by atoms with van der Waals surface area (Å²) in [4.78, 5) is 42.0. The maximum Gasteiger partial charge on any atom is 0.321 e. The summed E-state index contributed by atoms with van der Waals surface area (Å²) in [7, 11) is 0. The topological polar surface area (TPSA) is 93.1 Å². The molecule has 2 aromatic heterocycles. The summed E-state index contributed by atoms with van der Waals surface area (Å²) >= 11 is 1.45. The molecule has 0 atom stereocenters. The maximum absolute atomic E-state index is 12.5. The van der Waals surface area contributed by atoms with Gasteiger partial charge in [0.15, 0.2) is 0 Å². The average Bonchev–Trinajstić information content (AvgIpc) is 2.67. The predicted octanol–water partition coefficient (Wildman–Crippen LogP) is 1.70. The molecule has 2 aromatic rings.